The number of nitro groups is 1. The molecule has 0 unspecified atom stereocenters. The van der Waals surface area contributed by atoms with Gasteiger partial charge in [-0.15, -0.1) is 15.5 Å². The van der Waals surface area contributed by atoms with Crippen molar-refractivity contribution < 1.29 is 25.2 Å². The fourth-order valence-electron chi connectivity index (χ4n) is 1.20. The summed E-state index contributed by atoms with van der Waals surface area (Å²) in [6.07, 6.45) is 0.0878. The van der Waals surface area contributed by atoms with Gasteiger partial charge in [0.15, 0.2) is 4.36 Å². The molecule has 0 atom stereocenters. The van der Waals surface area contributed by atoms with Crippen LogP contribution >= 0.6 is 21.4 Å². The van der Waals surface area contributed by atoms with Crippen molar-refractivity contribution in [1.29, 1.82) is 0 Å². The lowest BCUT2D eigenvalue weighted by Gasteiger charge is -2.48. The molecule has 0 amide bonds. The second-order valence-corrected chi connectivity index (χ2v) is 7.38. The first-order valence-corrected chi connectivity index (χ1v) is 7.57. The quantitative estimate of drug-likeness (QED) is 0.311. The number of ether oxygens (including phenoxy) is 1. The van der Waals surface area contributed by atoms with Crippen molar-refractivity contribution in [2.45, 2.75) is 11.8 Å². The minimum Gasteiger partial charge on any atom is -0.499 e. The van der Waals surface area contributed by atoms with Gasteiger partial charge in [0.25, 0.3) is 5.69 Å². The Hall–Kier alpha value is -1.48. The summed E-state index contributed by atoms with van der Waals surface area (Å²) in [5.41, 5.74) is -0.591. The van der Waals surface area contributed by atoms with E-state index in [9.17, 15) is 25.7 Å². The summed E-state index contributed by atoms with van der Waals surface area (Å²) in [5.74, 6) is 0. The number of hydrogen-bond donors (Lipinski definition) is 0. The van der Waals surface area contributed by atoms with E-state index in [2.05, 4.69) is 4.74 Å². The minimum absolute atomic E-state index is 0.0878. The molecule has 0 aliphatic heterocycles. The molecule has 1 rings (SSSR count). The van der Waals surface area contributed by atoms with E-state index in [1.807, 2.05) is 0 Å². The van der Waals surface area contributed by atoms with Gasteiger partial charge < -0.3 is 4.74 Å². The minimum atomic E-state index is -8.93. The topological polar surface area (TPSA) is 52.4 Å². The highest BCUT2D eigenvalue weighted by Crippen LogP contribution is 3.05. The molecule has 1 aromatic carbocycles. The normalized spacial score (nSPS) is 16.2. The molecule has 0 N–H and O–H groups in total. The average molecular weight is 336 g/mol. The zero-order valence-corrected chi connectivity index (χ0v) is 11.6. The van der Waals surface area contributed by atoms with Gasteiger partial charge in [-0.2, -0.15) is 0 Å². The summed E-state index contributed by atoms with van der Waals surface area (Å²) in [7, 11) is -8.93. The zero-order valence-electron chi connectivity index (χ0n) is 10.1. The van der Waals surface area contributed by atoms with Crippen molar-refractivity contribution >= 4 is 27.1 Å². The smallest absolute Gasteiger partial charge is 0.269 e. The molecule has 0 heterocycles. The van der Waals surface area contributed by atoms with Crippen LogP contribution in [0, 0.1) is 10.1 Å². The average Bonchev–Trinajstić information content (AvgIpc) is 2.34. The lowest BCUT2D eigenvalue weighted by Crippen LogP contribution is -2.14. The molecule has 0 spiro atoms. The summed E-state index contributed by atoms with van der Waals surface area (Å²) < 4.78 is 58.0. The maximum atomic E-state index is 13.9. The molecule has 114 valence electrons. The first-order valence-electron chi connectivity index (χ1n) is 5.14. The van der Waals surface area contributed by atoms with E-state index < -0.39 is 29.7 Å². The molecule has 0 bridgehead atoms. The number of nitro benzene ring substituents is 1. The van der Waals surface area contributed by atoms with E-state index in [1.54, 1.807) is 0 Å². The third-order valence-electron chi connectivity index (χ3n) is 2.26. The first-order chi connectivity index (χ1) is 8.92. The van der Waals surface area contributed by atoms with Gasteiger partial charge in [-0.3, -0.25) is 10.1 Å². The van der Waals surface area contributed by atoms with Crippen LogP contribution in [0.25, 0.3) is 0 Å². The van der Waals surface area contributed by atoms with Crippen LogP contribution in [0.15, 0.2) is 39.8 Å². The molecular weight excluding hydrogens is 326 g/mol. The van der Waals surface area contributed by atoms with E-state index in [0.717, 1.165) is 0 Å². The van der Waals surface area contributed by atoms with Gasteiger partial charge in [-0.1, -0.05) is 11.6 Å². The van der Waals surface area contributed by atoms with Crippen molar-refractivity contribution in [3.8, 4) is 0 Å². The molecule has 0 saturated heterocycles. The molecule has 0 aromatic heterocycles. The van der Waals surface area contributed by atoms with Crippen LogP contribution < -0.4 is 0 Å². The van der Waals surface area contributed by atoms with E-state index in [0.29, 0.717) is 12.1 Å². The SMILES string of the molecule is CCOC=C(Cl)S(F)(F)(F)(F)c1ccc([N+](=O)[O-])cc1. The van der Waals surface area contributed by atoms with Crippen LogP contribution in [0.1, 0.15) is 6.92 Å². The number of nitrogens with zero attached hydrogens (tertiary/aromatic N) is 1. The third kappa shape index (κ3) is 2.98. The Labute approximate surface area is 116 Å². The van der Waals surface area contributed by atoms with Gasteiger partial charge in [0, 0.05) is 12.1 Å². The largest absolute Gasteiger partial charge is 0.499 e. The predicted molar refractivity (Wildman–Crippen MR) is 68.9 cm³/mol. The molecule has 0 radical (unpaired) electrons. The number of non-ortho nitro benzene ring substituents is 1. The fraction of sp³-hybridized carbons (Fsp3) is 0.200. The summed E-state index contributed by atoms with van der Waals surface area (Å²) >= 11 is 5.03. The lowest BCUT2D eigenvalue weighted by molar-refractivity contribution is -0.384. The van der Waals surface area contributed by atoms with Crippen molar-refractivity contribution in [3.05, 3.63) is 45.0 Å². The number of halogens is 5. The Kier molecular flexibility index (Phi) is 3.75. The van der Waals surface area contributed by atoms with Gasteiger partial charge in [0.2, 0.25) is 9.84 Å². The Balaban J connectivity index is 3.41. The van der Waals surface area contributed by atoms with Gasteiger partial charge in [0.1, 0.15) is 6.26 Å². The van der Waals surface area contributed by atoms with Crippen LogP contribution in [0.5, 0.6) is 0 Å². The fourth-order valence-corrected chi connectivity index (χ4v) is 2.70. The van der Waals surface area contributed by atoms with Crippen LogP contribution in [-0.2, 0) is 4.74 Å². The maximum Gasteiger partial charge on any atom is 0.269 e. The number of hydrogen-bond acceptors (Lipinski definition) is 3. The molecule has 0 saturated carbocycles. The van der Waals surface area contributed by atoms with Crippen LogP contribution in [0.3, 0.4) is 0 Å². The predicted octanol–water partition coefficient (Wildman–Crippen LogP) is 5.44. The van der Waals surface area contributed by atoms with Gasteiger partial charge >= 0.3 is 0 Å². The summed E-state index contributed by atoms with van der Waals surface area (Å²) in [6.45, 7) is 1.28. The van der Waals surface area contributed by atoms with Gasteiger partial charge in [-0.25, -0.2) is 0 Å². The Bertz CT molecular complexity index is 569. The molecule has 0 aliphatic carbocycles. The molecule has 10 heteroatoms. The third-order valence-corrected chi connectivity index (χ3v) is 5.38. The summed E-state index contributed by atoms with van der Waals surface area (Å²) in [4.78, 5) is 7.80. The lowest BCUT2D eigenvalue weighted by atomic mass is 10.3. The van der Waals surface area contributed by atoms with E-state index in [-0.39, 0.29) is 25.0 Å². The molecule has 0 fully saturated rings. The summed E-state index contributed by atoms with van der Waals surface area (Å²) in [6, 6.07) is 1.67. The van der Waals surface area contributed by atoms with Crippen LogP contribution in [0.2, 0.25) is 0 Å². The molecule has 4 nitrogen and oxygen atoms in total. The first kappa shape index (κ1) is 16.6. The Morgan fingerprint density at radius 3 is 2.25 bits per heavy atom. The van der Waals surface area contributed by atoms with Gasteiger partial charge in [0.05, 0.1) is 16.4 Å². The zero-order chi connectivity index (χ0) is 15.7. The molecule has 0 aliphatic rings. The number of benzene rings is 1. The van der Waals surface area contributed by atoms with Gasteiger partial charge in [-0.05, 0) is 19.1 Å². The van der Waals surface area contributed by atoms with E-state index in [4.69, 9.17) is 11.6 Å². The van der Waals surface area contributed by atoms with Crippen LogP contribution in [-0.4, -0.2) is 11.5 Å². The van der Waals surface area contributed by atoms with Crippen molar-refractivity contribution in [2.75, 3.05) is 6.61 Å². The Morgan fingerprint density at radius 2 is 1.85 bits per heavy atom. The maximum absolute atomic E-state index is 13.9. The van der Waals surface area contributed by atoms with Crippen molar-refractivity contribution in [2.24, 2.45) is 0 Å². The molecular formula is C10H10ClF4NO3S. The van der Waals surface area contributed by atoms with E-state index >= 15 is 0 Å². The van der Waals surface area contributed by atoms with Crippen LogP contribution in [0.4, 0.5) is 21.2 Å². The molecule has 1 aromatic rings. The standard InChI is InChI=1S/C10H10ClF4NO3S/c1-2-19-7-10(11)20(12,13,14,15)9-5-3-8(4-6-9)16(17)18/h3-7H,2H2,1H3. The highest BCUT2D eigenvalue weighted by Gasteiger charge is 2.68. The van der Waals surface area contributed by atoms with Crippen molar-refractivity contribution in [3.63, 3.8) is 0 Å². The molecule has 20 heavy (non-hydrogen) atoms. The Morgan fingerprint density at radius 1 is 1.35 bits per heavy atom. The highest BCUT2D eigenvalue weighted by atomic mass is 35.5. The van der Waals surface area contributed by atoms with Crippen molar-refractivity contribution in [1.82, 2.24) is 0 Å². The van der Waals surface area contributed by atoms with E-state index in [1.165, 1.54) is 6.92 Å². The monoisotopic (exact) mass is 335 g/mol. The highest BCUT2D eigenvalue weighted by molar-refractivity contribution is 8.53. The second-order valence-electron chi connectivity index (χ2n) is 3.70. The second kappa shape index (κ2) is 4.52. The number of rotatable bonds is 5. The summed E-state index contributed by atoms with van der Waals surface area (Å²) in [5, 5.41) is 10.4.